The molecule has 0 radical (unpaired) electrons. The summed E-state index contributed by atoms with van der Waals surface area (Å²) in [6, 6.07) is 11.7. The van der Waals surface area contributed by atoms with Crippen molar-refractivity contribution in [3.8, 4) is 5.69 Å². The van der Waals surface area contributed by atoms with Gasteiger partial charge in [0.2, 0.25) is 0 Å². The Morgan fingerprint density at radius 1 is 1.24 bits per heavy atom. The molecule has 1 heterocycles. The fourth-order valence-corrected chi connectivity index (χ4v) is 1.74. The van der Waals surface area contributed by atoms with Gasteiger partial charge in [-0.3, -0.25) is 0 Å². The van der Waals surface area contributed by atoms with E-state index in [9.17, 15) is 0 Å². The highest BCUT2D eigenvalue weighted by Gasteiger charge is 2.18. The molecule has 2 rings (SSSR count). The van der Waals surface area contributed by atoms with Crippen LogP contribution in [0.3, 0.4) is 0 Å². The molecule has 2 aromatic rings. The summed E-state index contributed by atoms with van der Waals surface area (Å²) in [7, 11) is 1.66. The van der Waals surface area contributed by atoms with E-state index in [0.717, 1.165) is 11.4 Å². The van der Waals surface area contributed by atoms with Crippen LogP contribution in [0.4, 0.5) is 0 Å². The summed E-state index contributed by atoms with van der Waals surface area (Å²) in [5.41, 5.74) is 8.10. The fraction of sp³-hybridized carbons (Fsp3) is 0.308. The number of para-hydroxylation sites is 1. The van der Waals surface area contributed by atoms with Crippen LogP contribution < -0.4 is 5.73 Å². The van der Waals surface area contributed by atoms with Crippen molar-refractivity contribution in [1.82, 2.24) is 9.78 Å². The summed E-state index contributed by atoms with van der Waals surface area (Å²) in [4.78, 5) is 0. The van der Waals surface area contributed by atoms with E-state index >= 15 is 0 Å². The number of hydrogen-bond donors (Lipinski definition) is 1. The van der Waals surface area contributed by atoms with Gasteiger partial charge in [0.15, 0.2) is 0 Å². The standard InChI is InChI=1S/C13H17N3O/c1-10(17-2)13(14)12-8-9-15-16(12)11-6-4-3-5-7-11/h3-10,13H,14H2,1-2H3. The molecule has 4 nitrogen and oxygen atoms in total. The molecule has 0 aliphatic carbocycles. The Labute approximate surface area is 101 Å². The van der Waals surface area contributed by atoms with Crippen LogP contribution in [0.15, 0.2) is 42.6 Å². The number of hydrogen-bond acceptors (Lipinski definition) is 3. The second kappa shape index (κ2) is 5.12. The number of nitrogens with two attached hydrogens (primary N) is 1. The fourth-order valence-electron chi connectivity index (χ4n) is 1.74. The van der Waals surface area contributed by atoms with Crippen LogP contribution >= 0.6 is 0 Å². The molecular weight excluding hydrogens is 214 g/mol. The van der Waals surface area contributed by atoms with Gasteiger partial charge in [0.25, 0.3) is 0 Å². The Hall–Kier alpha value is -1.65. The lowest BCUT2D eigenvalue weighted by atomic mass is 10.1. The first-order chi connectivity index (χ1) is 8.24. The number of aromatic nitrogens is 2. The third kappa shape index (κ3) is 2.38. The zero-order valence-corrected chi connectivity index (χ0v) is 10.1. The molecule has 17 heavy (non-hydrogen) atoms. The molecule has 0 amide bonds. The SMILES string of the molecule is COC(C)C(N)c1ccnn1-c1ccccc1. The molecule has 0 saturated heterocycles. The minimum atomic E-state index is -0.192. The van der Waals surface area contributed by atoms with Gasteiger partial charge in [-0.1, -0.05) is 18.2 Å². The molecule has 0 spiro atoms. The van der Waals surface area contributed by atoms with Gasteiger partial charge in [0.05, 0.1) is 23.5 Å². The van der Waals surface area contributed by atoms with Crippen LogP contribution in [0.25, 0.3) is 5.69 Å². The molecule has 2 N–H and O–H groups in total. The first-order valence-electron chi connectivity index (χ1n) is 5.61. The zero-order valence-electron chi connectivity index (χ0n) is 10.1. The predicted molar refractivity (Wildman–Crippen MR) is 67.0 cm³/mol. The molecule has 1 aromatic heterocycles. The molecule has 0 aliphatic heterocycles. The lowest BCUT2D eigenvalue weighted by Gasteiger charge is -2.19. The van der Waals surface area contributed by atoms with Crippen molar-refractivity contribution >= 4 is 0 Å². The molecular formula is C13H17N3O. The Morgan fingerprint density at radius 3 is 2.59 bits per heavy atom. The van der Waals surface area contributed by atoms with E-state index in [2.05, 4.69) is 5.10 Å². The van der Waals surface area contributed by atoms with Crippen molar-refractivity contribution in [2.75, 3.05) is 7.11 Å². The lowest BCUT2D eigenvalue weighted by Crippen LogP contribution is -2.27. The van der Waals surface area contributed by atoms with Gasteiger partial charge >= 0.3 is 0 Å². The average molecular weight is 231 g/mol. The first-order valence-corrected chi connectivity index (χ1v) is 5.61. The number of ether oxygens (including phenoxy) is 1. The molecule has 4 heteroatoms. The largest absolute Gasteiger partial charge is 0.380 e. The number of nitrogens with zero attached hydrogens (tertiary/aromatic N) is 2. The molecule has 2 atom stereocenters. The van der Waals surface area contributed by atoms with E-state index in [-0.39, 0.29) is 12.1 Å². The number of benzene rings is 1. The summed E-state index contributed by atoms with van der Waals surface area (Å²) in [6.07, 6.45) is 1.71. The van der Waals surface area contributed by atoms with Gasteiger partial charge in [0.1, 0.15) is 0 Å². The first kappa shape index (κ1) is 11.8. The summed E-state index contributed by atoms with van der Waals surface area (Å²) < 4.78 is 7.11. The molecule has 0 fully saturated rings. The van der Waals surface area contributed by atoms with Crippen molar-refractivity contribution < 1.29 is 4.74 Å². The molecule has 0 saturated carbocycles. The molecule has 0 bridgehead atoms. The normalized spacial score (nSPS) is 14.5. The van der Waals surface area contributed by atoms with Crippen LogP contribution in [0.5, 0.6) is 0 Å². The molecule has 90 valence electrons. The summed E-state index contributed by atoms with van der Waals surface area (Å²) >= 11 is 0. The van der Waals surface area contributed by atoms with Gasteiger partial charge in [0, 0.05) is 13.3 Å². The second-order valence-electron chi connectivity index (χ2n) is 3.97. The van der Waals surface area contributed by atoms with Gasteiger partial charge in [-0.15, -0.1) is 0 Å². The summed E-state index contributed by atoms with van der Waals surface area (Å²) in [5.74, 6) is 0. The highest BCUT2D eigenvalue weighted by Crippen LogP contribution is 2.19. The minimum absolute atomic E-state index is 0.0471. The lowest BCUT2D eigenvalue weighted by molar-refractivity contribution is 0.0937. The van der Waals surface area contributed by atoms with E-state index in [1.54, 1.807) is 13.3 Å². The van der Waals surface area contributed by atoms with E-state index in [1.807, 2.05) is 48.0 Å². The Morgan fingerprint density at radius 2 is 1.94 bits per heavy atom. The third-order valence-corrected chi connectivity index (χ3v) is 2.89. The second-order valence-corrected chi connectivity index (χ2v) is 3.97. The van der Waals surface area contributed by atoms with Crippen molar-refractivity contribution in [1.29, 1.82) is 0 Å². The van der Waals surface area contributed by atoms with E-state index in [1.165, 1.54) is 0 Å². The number of methoxy groups -OCH3 is 1. The van der Waals surface area contributed by atoms with Gasteiger partial charge < -0.3 is 10.5 Å². The third-order valence-electron chi connectivity index (χ3n) is 2.89. The molecule has 2 unspecified atom stereocenters. The maximum absolute atomic E-state index is 6.15. The quantitative estimate of drug-likeness (QED) is 0.874. The van der Waals surface area contributed by atoms with Gasteiger partial charge in [-0.2, -0.15) is 5.10 Å². The van der Waals surface area contributed by atoms with E-state index in [0.29, 0.717) is 0 Å². The Balaban J connectivity index is 2.35. The van der Waals surface area contributed by atoms with Crippen molar-refractivity contribution in [2.24, 2.45) is 5.73 Å². The van der Waals surface area contributed by atoms with Crippen molar-refractivity contribution in [3.05, 3.63) is 48.3 Å². The summed E-state index contributed by atoms with van der Waals surface area (Å²) in [6.45, 7) is 1.95. The Kier molecular flexibility index (Phi) is 3.56. The topological polar surface area (TPSA) is 53.1 Å². The van der Waals surface area contributed by atoms with Crippen LogP contribution in [0.1, 0.15) is 18.7 Å². The van der Waals surface area contributed by atoms with E-state index < -0.39 is 0 Å². The molecule has 0 aliphatic rings. The van der Waals surface area contributed by atoms with Crippen LogP contribution in [-0.2, 0) is 4.74 Å². The van der Waals surface area contributed by atoms with Crippen molar-refractivity contribution in [3.63, 3.8) is 0 Å². The maximum atomic E-state index is 6.15. The number of rotatable bonds is 4. The molecule has 1 aromatic carbocycles. The monoisotopic (exact) mass is 231 g/mol. The van der Waals surface area contributed by atoms with Gasteiger partial charge in [-0.05, 0) is 25.1 Å². The smallest absolute Gasteiger partial charge is 0.0751 e. The zero-order chi connectivity index (χ0) is 12.3. The Bertz CT molecular complexity index is 467. The summed E-state index contributed by atoms with van der Waals surface area (Å²) in [5, 5.41) is 4.31. The average Bonchev–Trinajstić information content (AvgIpc) is 2.87. The van der Waals surface area contributed by atoms with Crippen LogP contribution in [0, 0.1) is 0 Å². The highest BCUT2D eigenvalue weighted by atomic mass is 16.5. The van der Waals surface area contributed by atoms with E-state index in [4.69, 9.17) is 10.5 Å². The van der Waals surface area contributed by atoms with Crippen LogP contribution in [-0.4, -0.2) is 23.0 Å². The maximum Gasteiger partial charge on any atom is 0.0751 e. The predicted octanol–water partition coefficient (Wildman–Crippen LogP) is 1.91. The minimum Gasteiger partial charge on any atom is -0.380 e. The van der Waals surface area contributed by atoms with Gasteiger partial charge in [-0.25, -0.2) is 4.68 Å². The highest BCUT2D eigenvalue weighted by molar-refractivity contribution is 5.33. The van der Waals surface area contributed by atoms with Crippen molar-refractivity contribution in [2.45, 2.75) is 19.1 Å². The van der Waals surface area contributed by atoms with Crippen LogP contribution in [0.2, 0.25) is 0 Å².